The van der Waals surface area contributed by atoms with Crippen molar-refractivity contribution in [1.29, 1.82) is 0 Å². The highest BCUT2D eigenvalue weighted by Gasteiger charge is 2.21. The van der Waals surface area contributed by atoms with Crippen molar-refractivity contribution in [3.63, 3.8) is 0 Å². The average Bonchev–Trinajstić information content (AvgIpc) is 2.99. The summed E-state index contributed by atoms with van der Waals surface area (Å²) in [6.45, 7) is 0. The molecular formula is C17H14FN3O3S. The fourth-order valence-electron chi connectivity index (χ4n) is 2.11. The monoisotopic (exact) mass is 359 g/mol. The van der Waals surface area contributed by atoms with E-state index in [4.69, 9.17) is 4.52 Å². The van der Waals surface area contributed by atoms with Gasteiger partial charge in [0.2, 0.25) is 11.6 Å². The van der Waals surface area contributed by atoms with Crippen molar-refractivity contribution in [2.24, 2.45) is 0 Å². The van der Waals surface area contributed by atoms with Gasteiger partial charge in [0, 0.05) is 24.3 Å². The molecule has 1 heterocycles. The predicted octanol–water partition coefficient (Wildman–Crippen LogP) is 2.28. The van der Waals surface area contributed by atoms with Crippen LogP contribution in [0.3, 0.4) is 0 Å². The van der Waals surface area contributed by atoms with E-state index >= 15 is 0 Å². The van der Waals surface area contributed by atoms with Crippen molar-refractivity contribution in [3.05, 3.63) is 60.4 Å². The van der Waals surface area contributed by atoms with Crippen LogP contribution in [0.15, 0.2) is 64.1 Å². The Hall–Kier alpha value is -2.87. The lowest BCUT2D eigenvalue weighted by Gasteiger charge is -2.05. The van der Waals surface area contributed by atoms with E-state index in [1.54, 1.807) is 24.3 Å². The maximum Gasteiger partial charge on any atom is 0.297 e. The third kappa shape index (κ3) is 4.16. The molecule has 0 bridgehead atoms. The van der Waals surface area contributed by atoms with Crippen LogP contribution in [0.25, 0.3) is 5.69 Å². The van der Waals surface area contributed by atoms with E-state index in [0.29, 0.717) is 11.4 Å². The molecule has 1 aromatic heterocycles. The van der Waals surface area contributed by atoms with Crippen molar-refractivity contribution < 1.29 is 23.5 Å². The van der Waals surface area contributed by atoms with E-state index in [2.05, 4.69) is 10.6 Å². The van der Waals surface area contributed by atoms with Gasteiger partial charge in [0.1, 0.15) is 5.82 Å². The molecule has 0 fully saturated rings. The van der Waals surface area contributed by atoms with Gasteiger partial charge in [-0.15, -0.1) is 0 Å². The summed E-state index contributed by atoms with van der Waals surface area (Å²) in [6.07, 6.45) is 0.110. The maximum atomic E-state index is 13.5. The second-order valence-electron chi connectivity index (χ2n) is 5.04. The van der Waals surface area contributed by atoms with Gasteiger partial charge in [-0.25, -0.2) is 4.39 Å². The number of anilines is 1. The van der Waals surface area contributed by atoms with Crippen LogP contribution >= 0.6 is 11.8 Å². The Labute approximate surface area is 147 Å². The van der Waals surface area contributed by atoms with Crippen LogP contribution < -0.4 is 15.1 Å². The predicted molar refractivity (Wildman–Crippen MR) is 87.9 cm³/mol. The van der Waals surface area contributed by atoms with E-state index in [-0.39, 0.29) is 23.0 Å². The standard InChI is InChI=1S/C17H14FN3O3S/c18-13-8-4-5-9-14(13)19-15(22)10-11-25-16-17(23)24-20-21(16)12-6-2-1-3-7-12/h1-9H,10-11H2,(H-,19,20,22,23). The first kappa shape index (κ1) is 17.0. The van der Waals surface area contributed by atoms with E-state index in [1.165, 1.54) is 16.8 Å². The van der Waals surface area contributed by atoms with Crippen molar-refractivity contribution in [2.75, 3.05) is 11.1 Å². The van der Waals surface area contributed by atoms with Crippen LogP contribution in [-0.2, 0) is 4.79 Å². The highest BCUT2D eigenvalue weighted by molar-refractivity contribution is 7.99. The van der Waals surface area contributed by atoms with E-state index < -0.39 is 11.8 Å². The summed E-state index contributed by atoms with van der Waals surface area (Å²) in [6, 6.07) is 15.0. The molecule has 0 spiro atoms. The molecular weight excluding hydrogens is 345 g/mol. The molecule has 0 unspecified atom stereocenters. The molecule has 0 saturated heterocycles. The lowest BCUT2D eigenvalue weighted by atomic mass is 10.3. The Kier molecular flexibility index (Phi) is 5.30. The molecule has 0 aliphatic rings. The van der Waals surface area contributed by atoms with Gasteiger partial charge in [-0.2, -0.15) is 0 Å². The molecule has 1 amide bonds. The molecule has 2 aromatic carbocycles. The second kappa shape index (κ2) is 7.80. The number of nitrogens with one attached hydrogen (secondary N) is 1. The fraction of sp³-hybridized carbons (Fsp3) is 0.118. The summed E-state index contributed by atoms with van der Waals surface area (Å²) in [4.78, 5) is 11.9. The number of nitrogens with zero attached hydrogens (tertiary/aromatic N) is 2. The first-order valence-corrected chi connectivity index (χ1v) is 8.45. The summed E-state index contributed by atoms with van der Waals surface area (Å²) in [7, 11) is 0. The Morgan fingerprint density at radius 2 is 1.92 bits per heavy atom. The first-order valence-electron chi connectivity index (χ1n) is 7.47. The minimum atomic E-state index is -0.566. The number of halogens is 1. The molecule has 0 aliphatic carbocycles. The van der Waals surface area contributed by atoms with Crippen molar-refractivity contribution in [2.45, 2.75) is 11.4 Å². The van der Waals surface area contributed by atoms with Gasteiger partial charge in [-0.3, -0.25) is 4.79 Å². The van der Waals surface area contributed by atoms with Crippen molar-refractivity contribution in [1.82, 2.24) is 5.27 Å². The number of hydrogen-bond acceptors (Lipinski definition) is 5. The van der Waals surface area contributed by atoms with Crippen LogP contribution in [-0.4, -0.2) is 16.9 Å². The number of amides is 1. The number of rotatable bonds is 6. The summed E-state index contributed by atoms with van der Waals surface area (Å²) in [5, 5.41) is 18.3. The minimum absolute atomic E-state index is 0.110. The largest absolute Gasteiger partial charge is 0.538 e. The van der Waals surface area contributed by atoms with E-state index in [9.17, 15) is 14.3 Å². The molecule has 0 radical (unpaired) electrons. The number of benzene rings is 2. The molecule has 25 heavy (non-hydrogen) atoms. The number of carbonyl (C=O) groups is 1. The summed E-state index contributed by atoms with van der Waals surface area (Å²) in [5.74, 6) is -1.08. The molecule has 1 N–H and O–H groups in total. The topological polar surface area (TPSA) is 82.1 Å². The van der Waals surface area contributed by atoms with Gasteiger partial charge in [0.25, 0.3) is 5.03 Å². The Morgan fingerprint density at radius 3 is 2.68 bits per heavy atom. The number of aromatic nitrogens is 2. The average molecular weight is 359 g/mol. The van der Waals surface area contributed by atoms with Crippen molar-refractivity contribution in [3.8, 4) is 11.6 Å². The maximum absolute atomic E-state index is 13.5. The quantitative estimate of drug-likeness (QED) is 0.539. The number of carbonyl (C=O) groups excluding carboxylic acids is 1. The number of hydrogen-bond donors (Lipinski definition) is 1. The van der Waals surface area contributed by atoms with Crippen LogP contribution in [0.1, 0.15) is 6.42 Å². The molecule has 6 nitrogen and oxygen atoms in total. The van der Waals surface area contributed by atoms with Crippen LogP contribution in [0.4, 0.5) is 10.1 Å². The van der Waals surface area contributed by atoms with Crippen LogP contribution in [0.5, 0.6) is 5.95 Å². The zero-order valence-corrected chi connectivity index (χ0v) is 13.8. The SMILES string of the molecule is O=C(CCSc1c([O-])on[n+]1-c1ccccc1)Nc1ccccc1F. The molecule has 3 rings (SSSR count). The Bertz CT molecular complexity index is 871. The minimum Gasteiger partial charge on any atom is -0.538 e. The van der Waals surface area contributed by atoms with Gasteiger partial charge in [-0.05, 0) is 16.8 Å². The molecule has 3 aromatic rings. The van der Waals surface area contributed by atoms with E-state index in [0.717, 1.165) is 11.8 Å². The van der Waals surface area contributed by atoms with Gasteiger partial charge in [0.05, 0.1) is 11.0 Å². The first-order chi connectivity index (χ1) is 12.1. The highest BCUT2D eigenvalue weighted by Crippen LogP contribution is 2.24. The Balaban J connectivity index is 1.60. The second-order valence-corrected chi connectivity index (χ2v) is 6.12. The lowest BCUT2D eigenvalue weighted by Crippen LogP contribution is -2.34. The fourth-order valence-corrected chi connectivity index (χ4v) is 3.01. The van der Waals surface area contributed by atoms with Gasteiger partial charge < -0.3 is 14.9 Å². The third-order valence-electron chi connectivity index (χ3n) is 3.29. The summed E-state index contributed by atoms with van der Waals surface area (Å²) >= 11 is 1.16. The number of thioether (sulfide) groups is 1. The molecule has 0 saturated carbocycles. The van der Waals surface area contributed by atoms with Gasteiger partial charge in [0.15, 0.2) is 5.95 Å². The van der Waals surface area contributed by atoms with Crippen LogP contribution in [0, 0.1) is 5.82 Å². The number of para-hydroxylation sites is 2. The van der Waals surface area contributed by atoms with Gasteiger partial charge >= 0.3 is 0 Å². The normalized spacial score (nSPS) is 10.6. The van der Waals surface area contributed by atoms with Crippen LogP contribution in [0.2, 0.25) is 0 Å². The summed E-state index contributed by atoms with van der Waals surface area (Å²) < 4.78 is 19.6. The molecule has 0 aliphatic heterocycles. The molecule has 8 heteroatoms. The van der Waals surface area contributed by atoms with Crippen molar-refractivity contribution >= 4 is 23.4 Å². The van der Waals surface area contributed by atoms with Gasteiger partial charge in [-0.1, -0.05) is 42.1 Å². The lowest BCUT2D eigenvalue weighted by molar-refractivity contribution is -0.705. The zero-order chi connectivity index (χ0) is 17.6. The highest BCUT2D eigenvalue weighted by atomic mass is 32.2. The Morgan fingerprint density at radius 1 is 1.20 bits per heavy atom. The summed E-state index contributed by atoms with van der Waals surface area (Å²) in [5.41, 5.74) is 0.818. The molecule has 128 valence electrons. The third-order valence-corrected chi connectivity index (χ3v) is 4.31. The van der Waals surface area contributed by atoms with E-state index in [1.807, 2.05) is 18.2 Å². The smallest absolute Gasteiger partial charge is 0.297 e. The zero-order valence-electron chi connectivity index (χ0n) is 13.0. The molecule has 0 atom stereocenters.